The quantitative estimate of drug-likeness (QED) is 0.945. The minimum Gasteiger partial charge on any atom is -0.344 e. The summed E-state index contributed by atoms with van der Waals surface area (Å²) < 4.78 is 0. The van der Waals surface area contributed by atoms with Gasteiger partial charge in [0.1, 0.15) is 5.82 Å². The van der Waals surface area contributed by atoms with E-state index in [1.807, 2.05) is 0 Å². The van der Waals surface area contributed by atoms with Gasteiger partial charge >= 0.3 is 0 Å². The van der Waals surface area contributed by atoms with Crippen LogP contribution in [0.2, 0.25) is 0 Å². The van der Waals surface area contributed by atoms with Crippen LogP contribution in [0.5, 0.6) is 0 Å². The summed E-state index contributed by atoms with van der Waals surface area (Å²) in [5.41, 5.74) is 3.93. The number of rotatable bonds is 3. The number of nitrogens with one attached hydrogen (secondary N) is 1. The fraction of sp³-hybridized carbons (Fsp3) is 0.625. The van der Waals surface area contributed by atoms with Gasteiger partial charge in [-0.05, 0) is 52.0 Å². The summed E-state index contributed by atoms with van der Waals surface area (Å²) in [5, 5.41) is 3.35. The largest absolute Gasteiger partial charge is 0.344 e. The lowest BCUT2D eigenvalue weighted by atomic mass is 10.0. The molecule has 4 rings (SSSR count). The van der Waals surface area contributed by atoms with E-state index in [4.69, 9.17) is 4.98 Å². The Kier molecular flexibility index (Phi) is 3.55. The number of hydrogen-bond donors (Lipinski definition) is 1. The van der Waals surface area contributed by atoms with E-state index in [1.165, 1.54) is 55.0 Å². The Morgan fingerprint density at radius 3 is 3.00 bits per heavy atom. The van der Waals surface area contributed by atoms with E-state index in [1.54, 1.807) is 11.3 Å². The maximum atomic E-state index is 4.91. The zero-order chi connectivity index (χ0) is 14.2. The van der Waals surface area contributed by atoms with Crippen LogP contribution in [-0.2, 0) is 19.4 Å². The molecule has 1 saturated heterocycles. The number of aromatic amines is 1. The molecule has 0 spiro atoms. The first-order valence-corrected chi connectivity index (χ1v) is 8.90. The standard InChI is InChI=1S/C16H22N4S/c1-11-17-12(10-21-11)9-20-8-4-7-15(20)16-18-13-5-2-3-6-14(13)19-16/h10,15H,2-9H2,1H3,(H,18,19). The molecule has 1 N–H and O–H groups in total. The van der Waals surface area contributed by atoms with Gasteiger partial charge in [-0.25, -0.2) is 9.97 Å². The van der Waals surface area contributed by atoms with Gasteiger partial charge in [0.15, 0.2) is 0 Å². The Balaban J connectivity index is 1.54. The number of likely N-dealkylation sites (tertiary alicyclic amines) is 1. The molecule has 1 atom stereocenters. The van der Waals surface area contributed by atoms with Crippen molar-refractivity contribution in [3.8, 4) is 0 Å². The SMILES string of the molecule is Cc1nc(CN2CCCC2c2nc3c([nH]2)CCCC3)cs1. The summed E-state index contributed by atoms with van der Waals surface area (Å²) in [7, 11) is 0. The van der Waals surface area contributed by atoms with Crippen LogP contribution in [0, 0.1) is 6.92 Å². The summed E-state index contributed by atoms with van der Waals surface area (Å²) in [6, 6.07) is 0.456. The predicted molar refractivity (Wildman–Crippen MR) is 84.5 cm³/mol. The van der Waals surface area contributed by atoms with E-state index in [-0.39, 0.29) is 0 Å². The predicted octanol–water partition coefficient (Wildman–Crippen LogP) is 3.39. The minimum absolute atomic E-state index is 0.456. The zero-order valence-corrected chi connectivity index (χ0v) is 13.4. The number of hydrogen-bond acceptors (Lipinski definition) is 4. The van der Waals surface area contributed by atoms with E-state index in [2.05, 4.69) is 27.2 Å². The Morgan fingerprint density at radius 2 is 2.19 bits per heavy atom. The van der Waals surface area contributed by atoms with Gasteiger partial charge in [-0.15, -0.1) is 11.3 Å². The fourth-order valence-corrected chi connectivity index (χ4v) is 4.25. The van der Waals surface area contributed by atoms with Crippen LogP contribution in [0.3, 0.4) is 0 Å². The molecule has 3 heterocycles. The third-order valence-corrected chi connectivity index (χ3v) is 5.51. The molecule has 0 radical (unpaired) electrons. The van der Waals surface area contributed by atoms with Crippen molar-refractivity contribution in [2.24, 2.45) is 0 Å². The van der Waals surface area contributed by atoms with Gasteiger partial charge in [-0.1, -0.05) is 0 Å². The highest BCUT2D eigenvalue weighted by molar-refractivity contribution is 7.09. The maximum Gasteiger partial charge on any atom is 0.124 e. The highest BCUT2D eigenvalue weighted by atomic mass is 32.1. The van der Waals surface area contributed by atoms with E-state index in [0.717, 1.165) is 24.5 Å². The summed E-state index contributed by atoms with van der Waals surface area (Å²) in [4.78, 5) is 15.7. The average Bonchev–Trinajstić information content (AvgIpc) is 3.18. The topological polar surface area (TPSA) is 44.8 Å². The van der Waals surface area contributed by atoms with Crippen LogP contribution < -0.4 is 0 Å². The van der Waals surface area contributed by atoms with Crippen LogP contribution in [0.1, 0.15) is 59.6 Å². The smallest absolute Gasteiger partial charge is 0.124 e. The Morgan fingerprint density at radius 1 is 1.29 bits per heavy atom. The molecular formula is C16H22N4S. The number of imidazole rings is 1. The van der Waals surface area contributed by atoms with Gasteiger partial charge < -0.3 is 4.98 Å². The second-order valence-electron chi connectivity index (χ2n) is 6.24. The van der Waals surface area contributed by atoms with Crippen molar-refractivity contribution in [1.82, 2.24) is 19.9 Å². The Bertz CT molecular complexity index is 607. The van der Waals surface area contributed by atoms with Gasteiger partial charge in [0.2, 0.25) is 0 Å². The molecule has 1 unspecified atom stereocenters. The van der Waals surface area contributed by atoms with Gasteiger partial charge in [-0.3, -0.25) is 4.90 Å². The van der Waals surface area contributed by atoms with E-state index >= 15 is 0 Å². The molecule has 0 amide bonds. The van der Waals surface area contributed by atoms with E-state index in [9.17, 15) is 0 Å². The monoisotopic (exact) mass is 302 g/mol. The third-order valence-electron chi connectivity index (χ3n) is 4.68. The first-order valence-electron chi connectivity index (χ1n) is 8.02. The number of nitrogens with zero attached hydrogens (tertiary/aromatic N) is 3. The van der Waals surface area contributed by atoms with Crippen molar-refractivity contribution in [3.63, 3.8) is 0 Å². The van der Waals surface area contributed by atoms with Gasteiger partial charge in [0, 0.05) is 17.6 Å². The molecule has 1 aliphatic heterocycles. The molecule has 4 nitrogen and oxygen atoms in total. The van der Waals surface area contributed by atoms with Crippen LogP contribution >= 0.6 is 11.3 Å². The first kappa shape index (κ1) is 13.5. The van der Waals surface area contributed by atoms with E-state index < -0.39 is 0 Å². The number of H-pyrrole nitrogens is 1. The van der Waals surface area contributed by atoms with Crippen LogP contribution in [0.25, 0.3) is 0 Å². The second-order valence-corrected chi connectivity index (χ2v) is 7.30. The molecule has 0 bridgehead atoms. The Hall–Kier alpha value is -1.20. The fourth-order valence-electron chi connectivity index (χ4n) is 3.65. The van der Waals surface area contributed by atoms with Gasteiger partial charge in [-0.2, -0.15) is 0 Å². The first-order chi connectivity index (χ1) is 10.3. The zero-order valence-electron chi connectivity index (χ0n) is 12.6. The molecule has 2 aliphatic rings. The summed E-state index contributed by atoms with van der Waals surface area (Å²) in [5.74, 6) is 1.20. The second kappa shape index (κ2) is 5.54. The number of fused-ring (bicyclic) bond motifs is 1. The lowest BCUT2D eigenvalue weighted by Crippen LogP contribution is -2.23. The van der Waals surface area contributed by atoms with Gasteiger partial charge in [0.25, 0.3) is 0 Å². The molecule has 112 valence electrons. The molecule has 0 saturated carbocycles. The van der Waals surface area contributed by atoms with Crippen molar-refractivity contribution in [3.05, 3.63) is 33.3 Å². The van der Waals surface area contributed by atoms with E-state index in [0.29, 0.717) is 6.04 Å². The molecule has 2 aromatic rings. The lowest BCUT2D eigenvalue weighted by molar-refractivity contribution is 0.238. The minimum atomic E-state index is 0.456. The molecule has 0 aromatic carbocycles. The molecule has 1 fully saturated rings. The molecule has 2 aromatic heterocycles. The van der Waals surface area contributed by atoms with Crippen LogP contribution in [0.15, 0.2) is 5.38 Å². The van der Waals surface area contributed by atoms with Gasteiger partial charge in [0.05, 0.1) is 22.4 Å². The maximum absolute atomic E-state index is 4.91. The number of thiazole rings is 1. The normalized spacial score (nSPS) is 22.6. The number of aryl methyl sites for hydroxylation is 3. The molecule has 21 heavy (non-hydrogen) atoms. The van der Waals surface area contributed by atoms with Crippen molar-refractivity contribution in [2.45, 2.75) is 58.0 Å². The molecular weight excluding hydrogens is 280 g/mol. The Labute approximate surface area is 129 Å². The van der Waals surface area contributed by atoms with Crippen molar-refractivity contribution in [2.75, 3.05) is 6.54 Å². The lowest BCUT2D eigenvalue weighted by Gasteiger charge is -2.21. The third kappa shape index (κ3) is 2.64. The highest BCUT2D eigenvalue weighted by Crippen LogP contribution is 2.33. The summed E-state index contributed by atoms with van der Waals surface area (Å²) in [6.45, 7) is 4.20. The van der Waals surface area contributed by atoms with Crippen molar-refractivity contribution >= 4 is 11.3 Å². The molecule has 5 heteroatoms. The summed E-state index contributed by atoms with van der Waals surface area (Å²) in [6.07, 6.45) is 7.42. The molecule has 1 aliphatic carbocycles. The number of aromatic nitrogens is 3. The van der Waals surface area contributed by atoms with Crippen LogP contribution in [-0.4, -0.2) is 26.4 Å². The highest BCUT2D eigenvalue weighted by Gasteiger charge is 2.30. The summed E-state index contributed by atoms with van der Waals surface area (Å²) >= 11 is 1.75. The van der Waals surface area contributed by atoms with Crippen molar-refractivity contribution < 1.29 is 0 Å². The van der Waals surface area contributed by atoms with Crippen molar-refractivity contribution in [1.29, 1.82) is 0 Å². The van der Waals surface area contributed by atoms with Crippen LogP contribution in [0.4, 0.5) is 0 Å². The average molecular weight is 302 g/mol.